The molecule has 0 aliphatic rings. The van der Waals surface area contributed by atoms with Gasteiger partial charge < -0.3 is 4.74 Å². The van der Waals surface area contributed by atoms with Crippen LogP contribution < -0.4 is 0 Å². The van der Waals surface area contributed by atoms with E-state index in [4.69, 9.17) is 4.74 Å². The highest BCUT2D eigenvalue weighted by Gasteiger charge is 2.16. The molecule has 0 rings (SSSR count). The van der Waals surface area contributed by atoms with Gasteiger partial charge in [-0.05, 0) is 26.5 Å². The molecule has 0 aromatic heterocycles. The fourth-order valence-electron chi connectivity index (χ4n) is 0.730. The average molecular weight is 226 g/mol. The molecule has 0 N–H and O–H groups in total. The summed E-state index contributed by atoms with van der Waals surface area (Å²) in [5, 5.41) is -0.365. The minimum Gasteiger partial charge on any atom is -0.462 e. The summed E-state index contributed by atoms with van der Waals surface area (Å²) in [6.07, 6.45) is -2.62. The molecule has 0 saturated carbocycles. The molecule has 0 fully saturated rings. The zero-order valence-electron chi connectivity index (χ0n) is 8.63. The standard InChI is InChI=1S/C9H16F2O2S/c1-6(2)13-9(12)7(3)14-5-4-8(10)11/h6-8H,4-5H2,1-3H3. The van der Waals surface area contributed by atoms with E-state index >= 15 is 0 Å². The van der Waals surface area contributed by atoms with Crippen molar-refractivity contribution < 1.29 is 18.3 Å². The number of rotatable bonds is 6. The second kappa shape index (κ2) is 7.04. The predicted molar refractivity (Wildman–Crippen MR) is 53.8 cm³/mol. The van der Waals surface area contributed by atoms with Crippen LogP contribution in [-0.2, 0) is 9.53 Å². The number of carbonyl (C=O) groups is 1. The van der Waals surface area contributed by atoms with Crippen LogP contribution in [0.25, 0.3) is 0 Å². The van der Waals surface area contributed by atoms with E-state index < -0.39 is 6.43 Å². The fraction of sp³-hybridized carbons (Fsp3) is 0.889. The Bertz CT molecular complexity index is 174. The van der Waals surface area contributed by atoms with Crippen molar-refractivity contribution in [3.05, 3.63) is 0 Å². The third kappa shape index (κ3) is 7.12. The lowest BCUT2D eigenvalue weighted by molar-refractivity contribution is -0.146. The Hall–Kier alpha value is -0.320. The van der Waals surface area contributed by atoms with Gasteiger partial charge in [0.2, 0.25) is 6.43 Å². The van der Waals surface area contributed by atoms with Gasteiger partial charge >= 0.3 is 5.97 Å². The lowest BCUT2D eigenvalue weighted by Crippen LogP contribution is -2.21. The number of hydrogen-bond acceptors (Lipinski definition) is 3. The molecule has 84 valence electrons. The van der Waals surface area contributed by atoms with Crippen molar-refractivity contribution in [2.75, 3.05) is 5.75 Å². The van der Waals surface area contributed by atoms with E-state index in [0.29, 0.717) is 0 Å². The van der Waals surface area contributed by atoms with E-state index in [0.717, 1.165) is 0 Å². The Morgan fingerprint density at radius 3 is 2.36 bits per heavy atom. The van der Waals surface area contributed by atoms with E-state index in [1.807, 2.05) is 0 Å². The van der Waals surface area contributed by atoms with Gasteiger partial charge in [-0.15, -0.1) is 11.8 Å². The van der Waals surface area contributed by atoms with Gasteiger partial charge in [-0.3, -0.25) is 4.79 Å². The average Bonchev–Trinajstić information content (AvgIpc) is 2.01. The summed E-state index contributed by atoms with van der Waals surface area (Å²) in [4.78, 5) is 11.2. The highest BCUT2D eigenvalue weighted by Crippen LogP contribution is 2.16. The van der Waals surface area contributed by atoms with Crippen molar-refractivity contribution >= 4 is 17.7 Å². The first-order valence-corrected chi connectivity index (χ1v) is 5.58. The van der Waals surface area contributed by atoms with E-state index in [9.17, 15) is 13.6 Å². The molecule has 2 nitrogen and oxygen atoms in total. The molecule has 5 heteroatoms. The first kappa shape index (κ1) is 13.7. The van der Waals surface area contributed by atoms with Crippen LogP contribution in [0, 0.1) is 0 Å². The van der Waals surface area contributed by atoms with Crippen molar-refractivity contribution in [3.8, 4) is 0 Å². The molecule has 1 atom stereocenters. The number of esters is 1. The molecule has 0 aliphatic carbocycles. The smallest absolute Gasteiger partial charge is 0.319 e. The molecular formula is C9H16F2O2S. The maximum Gasteiger partial charge on any atom is 0.319 e. The van der Waals surface area contributed by atoms with Gasteiger partial charge in [0.25, 0.3) is 0 Å². The Kier molecular flexibility index (Phi) is 6.87. The molecule has 0 aliphatic heterocycles. The van der Waals surface area contributed by atoms with E-state index in [1.54, 1.807) is 20.8 Å². The maximum atomic E-state index is 11.8. The van der Waals surface area contributed by atoms with Crippen molar-refractivity contribution in [1.82, 2.24) is 0 Å². The van der Waals surface area contributed by atoms with Crippen molar-refractivity contribution in [2.24, 2.45) is 0 Å². The molecule has 0 aromatic carbocycles. The van der Waals surface area contributed by atoms with Crippen LogP contribution in [0.5, 0.6) is 0 Å². The number of ether oxygens (including phenoxy) is 1. The van der Waals surface area contributed by atoms with Gasteiger partial charge in [-0.2, -0.15) is 0 Å². The summed E-state index contributed by atoms with van der Waals surface area (Å²) in [6.45, 7) is 5.18. The van der Waals surface area contributed by atoms with Crippen LogP contribution in [0.15, 0.2) is 0 Å². The van der Waals surface area contributed by atoms with Crippen LogP contribution >= 0.6 is 11.8 Å². The van der Waals surface area contributed by atoms with Gasteiger partial charge in [0.1, 0.15) is 0 Å². The minimum atomic E-state index is -2.30. The number of alkyl halides is 2. The highest BCUT2D eigenvalue weighted by atomic mass is 32.2. The topological polar surface area (TPSA) is 26.3 Å². The lowest BCUT2D eigenvalue weighted by Gasteiger charge is -2.13. The zero-order chi connectivity index (χ0) is 11.1. The first-order valence-electron chi connectivity index (χ1n) is 4.53. The Balaban J connectivity index is 3.62. The molecular weight excluding hydrogens is 210 g/mol. The van der Waals surface area contributed by atoms with Crippen LogP contribution in [0.4, 0.5) is 8.78 Å². The molecule has 0 aromatic rings. The van der Waals surface area contributed by atoms with Gasteiger partial charge in [-0.1, -0.05) is 0 Å². The highest BCUT2D eigenvalue weighted by molar-refractivity contribution is 8.00. The van der Waals surface area contributed by atoms with E-state index in [2.05, 4.69) is 0 Å². The second-order valence-corrected chi connectivity index (χ2v) is 4.63. The monoisotopic (exact) mass is 226 g/mol. The predicted octanol–water partition coefficient (Wildman–Crippen LogP) is 2.71. The summed E-state index contributed by atoms with van der Waals surface area (Å²) in [7, 11) is 0. The fourth-order valence-corrected chi connectivity index (χ4v) is 1.59. The molecule has 0 heterocycles. The lowest BCUT2D eigenvalue weighted by atomic mass is 10.4. The molecule has 1 unspecified atom stereocenters. The molecule has 0 spiro atoms. The summed E-state index contributed by atoms with van der Waals surface area (Å²) in [5.74, 6) is -0.0503. The van der Waals surface area contributed by atoms with Gasteiger partial charge in [0, 0.05) is 6.42 Å². The molecule has 14 heavy (non-hydrogen) atoms. The first-order chi connectivity index (χ1) is 6.43. The molecule has 0 radical (unpaired) electrons. The third-order valence-electron chi connectivity index (χ3n) is 1.39. The number of carbonyl (C=O) groups excluding carboxylic acids is 1. The van der Waals surface area contributed by atoms with Crippen LogP contribution in [0.3, 0.4) is 0 Å². The van der Waals surface area contributed by atoms with E-state index in [1.165, 1.54) is 11.8 Å². The summed E-state index contributed by atoms with van der Waals surface area (Å²) in [6, 6.07) is 0. The summed E-state index contributed by atoms with van der Waals surface area (Å²) < 4.78 is 28.5. The quantitative estimate of drug-likeness (QED) is 0.651. The zero-order valence-corrected chi connectivity index (χ0v) is 9.44. The number of halogens is 2. The molecule has 0 saturated heterocycles. The number of thioether (sulfide) groups is 1. The van der Waals surface area contributed by atoms with Crippen LogP contribution in [0.1, 0.15) is 27.2 Å². The van der Waals surface area contributed by atoms with Crippen molar-refractivity contribution in [1.29, 1.82) is 0 Å². The summed E-state index contributed by atoms with van der Waals surface area (Å²) >= 11 is 1.20. The SMILES string of the molecule is CC(C)OC(=O)C(C)SCCC(F)F. The van der Waals surface area contributed by atoms with Crippen LogP contribution in [0.2, 0.25) is 0 Å². The van der Waals surface area contributed by atoms with Gasteiger partial charge in [0.05, 0.1) is 11.4 Å². The largest absolute Gasteiger partial charge is 0.462 e. The Morgan fingerprint density at radius 2 is 1.93 bits per heavy atom. The number of hydrogen-bond donors (Lipinski definition) is 0. The van der Waals surface area contributed by atoms with Gasteiger partial charge in [0.15, 0.2) is 0 Å². The summed E-state index contributed by atoms with van der Waals surface area (Å²) in [5.41, 5.74) is 0. The van der Waals surface area contributed by atoms with E-state index in [-0.39, 0.29) is 29.5 Å². The molecule has 0 bridgehead atoms. The second-order valence-electron chi connectivity index (χ2n) is 3.18. The van der Waals surface area contributed by atoms with Gasteiger partial charge in [-0.25, -0.2) is 8.78 Å². The Morgan fingerprint density at radius 1 is 1.36 bits per heavy atom. The minimum absolute atomic E-state index is 0.152. The third-order valence-corrected chi connectivity index (χ3v) is 2.55. The van der Waals surface area contributed by atoms with Crippen LogP contribution in [-0.4, -0.2) is 29.5 Å². The molecule has 0 amide bonds. The van der Waals surface area contributed by atoms with Crippen molar-refractivity contribution in [2.45, 2.75) is 45.0 Å². The maximum absolute atomic E-state index is 11.8. The van der Waals surface area contributed by atoms with Crippen molar-refractivity contribution in [3.63, 3.8) is 0 Å². The normalized spacial score (nSPS) is 13.4. The Labute approximate surface area is 87.4 Å².